The second-order valence-electron chi connectivity index (χ2n) is 5.50. The number of rotatable bonds is 3. The summed E-state index contributed by atoms with van der Waals surface area (Å²) >= 11 is 0. The zero-order valence-electron chi connectivity index (χ0n) is 13.1. The van der Waals surface area contributed by atoms with E-state index in [4.69, 9.17) is 0 Å². The summed E-state index contributed by atoms with van der Waals surface area (Å²) < 4.78 is 0. The van der Waals surface area contributed by atoms with Crippen molar-refractivity contribution in [3.8, 4) is 0 Å². The third-order valence-corrected chi connectivity index (χ3v) is 3.72. The van der Waals surface area contributed by atoms with Gasteiger partial charge in [-0.15, -0.1) is 0 Å². The molecule has 4 rings (SSSR count). The zero-order chi connectivity index (χ0) is 16.7. The Hall–Kier alpha value is -3.14. The number of hydrogen-bond acceptors (Lipinski definition) is 4. The zero-order valence-corrected chi connectivity index (χ0v) is 13.1. The maximum atomic E-state index is 10.9. The lowest BCUT2D eigenvalue weighted by atomic mass is 9.94. The van der Waals surface area contributed by atoms with E-state index >= 15 is 0 Å². The Morgan fingerprint density at radius 3 is 2.38 bits per heavy atom. The van der Waals surface area contributed by atoms with Crippen LogP contribution in [-0.4, -0.2) is 16.8 Å². The summed E-state index contributed by atoms with van der Waals surface area (Å²) in [5, 5.41) is 8.84. The van der Waals surface area contributed by atoms with Gasteiger partial charge in [0.1, 0.15) is 0 Å². The second-order valence-corrected chi connectivity index (χ2v) is 5.50. The lowest BCUT2D eigenvalue weighted by Gasteiger charge is -2.14. The predicted octanol–water partition coefficient (Wildman–Crippen LogP) is 4.38. The van der Waals surface area contributed by atoms with Gasteiger partial charge in [-0.1, -0.05) is 54.6 Å². The molecule has 0 bridgehead atoms. The fourth-order valence-electron chi connectivity index (χ4n) is 2.47. The molecule has 0 N–H and O–H groups in total. The summed E-state index contributed by atoms with van der Waals surface area (Å²) in [6, 6.07) is 21.9. The number of benzene rings is 2. The fourth-order valence-corrected chi connectivity index (χ4v) is 2.47. The molecule has 1 aromatic heterocycles. The molecular weight excluding hydrogens is 298 g/mol. The molecule has 0 amide bonds. The minimum absolute atomic E-state index is 0.581. The summed E-state index contributed by atoms with van der Waals surface area (Å²) in [5.74, 6) is 0. The number of carbonyl (C=O) groups is 1. The fraction of sp³-hybridized carbons (Fsp3) is 0.100. The van der Waals surface area contributed by atoms with Crippen LogP contribution in [0.15, 0.2) is 95.4 Å². The van der Waals surface area contributed by atoms with Gasteiger partial charge >= 0.3 is 0 Å². The number of aldehydes is 1. The van der Waals surface area contributed by atoms with Crippen molar-refractivity contribution in [2.24, 2.45) is 10.2 Å². The van der Waals surface area contributed by atoms with Crippen LogP contribution >= 0.6 is 0 Å². The Balaban J connectivity index is 0.000000149. The summed E-state index contributed by atoms with van der Waals surface area (Å²) in [5.41, 5.74) is 1.39. The highest BCUT2D eigenvalue weighted by molar-refractivity contribution is 5.77. The quantitative estimate of drug-likeness (QED) is 0.673. The smallest absolute Gasteiger partial charge is 0.161 e. The van der Waals surface area contributed by atoms with Crippen molar-refractivity contribution in [2.75, 3.05) is 0 Å². The number of hydrogen-bond donors (Lipinski definition) is 0. The molecule has 1 unspecified atom stereocenters. The van der Waals surface area contributed by atoms with E-state index in [1.807, 2.05) is 60.8 Å². The molecule has 24 heavy (non-hydrogen) atoms. The number of fused-ring (bicyclic) bond motifs is 1. The number of carbonyl (C=O) groups excluding carboxylic acids is 1. The molecule has 4 nitrogen and oxygen atoms in total. The van der Waals surface area contributed by atoms with Crippen LogP contribution < -0.4 is 0 Å². The molecule has 0 saturated carbocycles. The number of nitrogens with zero attached hydrogens (tertiary/aromatic N) is 3. The van der Waals surface area contributed by atoms with Crippen molar-refractivity contribution < 1.29 is 4.79 Å². The van der Waals surface area contributed by atoms with E-state index in [2.05, 4.69) is 27.3 Å². The van der Waals surface area contributed by atoms with Crippen LogP contribution in [0.3, 0.4) is 0 Å². The molecule has 2 heterocycles. The van der Waals surface area contributed by atoms with Gasteiger partial charge in [-0.3, -0.25) is 4.98 Å². The Bertz CT molecular complexity index is 795. The van der Waals surface area contributed by atoms with Gasteiger partial charge in [0, 0.05) is 24.2 Å². The molecule has 1 aliphatic heterocycles. The van der Waals surface area contributed by atoms with E-state index in [9.17, 15) is 4.79 Å². The molecule has 2 aromatic carbocycles. The minimum atomic E-state index is -0.763. The van der Waals surface area contributed by atoms with Gasteiger partial charge < -0.3 is 4.79 Å². The largest absolute Gasteiger partial charge is 0.300 e. The van der Waals surface area contributed by atoms with Gasteiger partial charge in [-0.2, -0.15) is 10.2 Å². The summed E-state index contributed by atoms with van der Waals surface area (Å²) in [6.45, 7) is 0. The molecule has 3 aromatic rings. The maximum absolute atomic E-state index is 10.9. The highest BCUT2D eigenvalue weighted by atomic mass is 16.1. The highest BCUT2D eigenvalue weighted by Gasteiger charge is 2.29. The van der Waals surface area contributed by atoms with Crippen molar-refractivity contribution in [1.82, 2.24) is 4.98 Å². The van der Waals surface area contributed by atoms with Crippen LogP contribution in [0.2, 0.25) is 0 Å². The van der Waals surface area contributed by atoms with Gasteiger partial charge in [0.15, 0.2) is 11.8 Å². The van der Waals surface area contributed by atoms with Gasteiger partial charge in [-0.05, 0) is 23.8 Å². The average Bonchev–Trinajstić information content (AvgIpc) is 3.12. The Morgan fingerprint density at radius 2 is 1.67 bits per heavy atom. The molecular formula is C20H17N3O. The van der Waals surface area contributed by atoms with Crippen molar-refractivity contribution >= 4 is 17.2 Å². The molecule has 0 fully saturated rings. The van der Waals surface area contributed by atoms with Crippen LogP contribution in [-0.2, 0) is 11.2 Å². The first-order valence-corrected chi connectivity index (χ1v) is 7.71. The lowest BCUT2D eigenvalue weighted by molar-refractivity contribution is -0.110. The normalized spacial score (nSPS) is 18.2. The van der Waals surface area contributed by atoms with Crippen molar-refractivity contribution in [1.29, 1.82) is 0 Å². The molecule has 118 valence electrons. The predicted molar refractivity (Wildman–Crippen MR) is 94.7 cm³/mol. The van der Waals surface area contributed by atoms with Gasteiger partial charge in [0.2, 0.25) is 0 Å². The summed E-state index contributed by atoms with van der Waals surface area (Å²) in [7, 11) is 0. The van der Waals surface area contributed by atoms with Crippen molar-refractivity contribution in [3.63, 3.8) is 0 Å². The van der Waals surface area contributed by atoms with E-state index < -0.39 is 5.54 Å². The number of aromatic nitrogens is 1. The summed E-state index contributed by atoms with van der Waals surface area (Å²) in [4.78, 5) is 15.1. The van der Waals surface area contributed by atoms with Crippen LogP contribution in [0.1, 0.15) is 5.56 Å². The molecule has 0 saturated heterocycles. The van der Waals surface area contributed by atoms with Crippen LogP contribution in [0.25, 0.3) is 10.9 Å². The average molecular weight is 315 g/mol. The topological polar surface area (TPSA) is 54.7 Å². The van der Waals surface area contributed by atoms with Crippen LogP contribution in [0, 0.1) is 0 Å². The van der Waals surface area contributed by atoms with Gasteiger partial charge in [0.05, 0.1) is 5.52 Å². The summed E-state index contributed by atoms with van der Waals surface area (Å²) in [6.07, 6.45) is 6.52. The first kappa shape index (κ1) is 15.7. The molecule has 0 radical (unpaired) electrons. The van der Waals surface area contributed by atoms with E-state index in [1.165, 1.54) is 5.39 Å². The number of para-hydroxylation sites is 1. The van der Waals surface area contributed by atoms with E-state index in [0.717, 1.165) is 17.4 Å². The Kier molecular flexibility index (Phi) is 4.87. The van der Waals surface area contributed by atoms with E-state index in [0.29, 0.717) is 6.42 Å². The molecule has 4 heteroatoms. The lowest BCUT2D eigenvalue weighted by Crippen LogP contribution is -2.26. The van der Waals surface area contributed by atoms with Gasteiger partial charge in [0.25, 0.3) is 0 Å². The number of pyridine rings is 1. The van der Waals surface area contributed by atoms with Crippen LogP contribution in [0.4, 0.5) is 0 Å². The molecule has 1 atom stereocenters. The van der Waals surface area contributed by atoms with Crippen molar-refractivity contribution in [3.05, 3.63) is 90.8 Å². The Morgan fingerprint density at radius 1 is 0.917 bits per heavy atom. The van der Waals surface area contributed by atoms with Crippen molar-refractivity contribution in [2.45, 2.75) is 12.0 Å². The maximum Gasteiger partial charge on any atom is 0.161 e. The van der Waals surface area contributed by atoms with E-state index in [1.54, 1.807) is 12.3 Å². The second kappa shape index (κ2) is 7.42. The molecule has 0 aliphatic carbocycles. The first-order chi connectivity index (χ1) is 11.8. The molecule has 0 spiro atoms. The van der Waals surface area contributed by atoms with E-state index in [-0.39, 0.29) is 0 Å². The molecule has 1 aliphatic rings. The first-order valence-electron chi connectivity index (χ1n) is 7.71. The Labute approximate surface area is 140 Å². The highest BCUT2D eigenvalue weighted by Crippen LogP contribution is 2.22. The van der Waals surface area contributed by atoms with Crippen LogP contribution in [0.5, 0.6) is 0 Å². The minimum Gasteiger partial charge on any atom is -0.300 e. The van der Waals surface area contributed by atoms with Gasteiger partial charge in [-0.25, -0.2) is 0 Å². The third-order valence-electron chi connectivity index (χ3n) is 3.72. The third kappa shape index (κ3) is 3.79. The SMILES string of the molecule is O=CC1(Cc2ccccc2)C=CN=N1.c1ccc2ncccc2c1. The monoisotopic (exact) mass is 315 g/mol. The number of azo groups is 1. The standard InChI is InChI=1S/C11H10N2O.C9H7N/c14-9-11(6-7-12-13-11)8-10-4-2-1-3-5-10;1-2-6-9-8(4-1)5-3-7-10-9/h1-7,9H,8H2;1-7H.